The number of aryl methyl sites for hydroxylation is 1. The van der Waals surface area contributed by atoms with Crippen LogP contribution >= 0.6 is 0 Å². The van der Waals surface area contributed by atoms with Gasteiger partial charge < -0.3 is 20.1 Å². The highest BCUT2D eigenvalue weighted by Crippen LogP contribution is 2.49. The van der Waals surface area contributed by atoms with Crippen molar-refractivity contribution in [2.45, 2.75) is 50.7 Å². The van der Waals surface area contributed by atoms with Crippen molar-refractivity contribution in [3.63, 3.8) is 0 Å². The number of hydrogen-bond donors (Lipinski definition) is 2. The van der Waals surface area contributed by atoms with Gasteiger partial charge in [0.15, 0.2) is 0 Å². The SMILES string of the molecule is COc1ccc(-c2cc3c4c(c2)[C@@H]2CNCC[C@@H]2N4CCCC3)c(C(C)O)c1. The van der Waals surface area contributed by atoms with Crippen molar-refractivity contribution in [3.8, 4) is 16.9 Å². The molecule has 0 spiro atoms. The third-order valence-electron chi connectivity index (χ3n) is 6.87. The smallest absolute Gasteiger partial charge is 0.119 e. The van der Waals surface area contributed by atoms with Crippen LogP contribution in [0.2, 0.25) is 0 Å². The minimum absolute atomic E-state index is 0.530. The van der Waals surface area contributed by atoms with Crippen LogP contribution in [0.25, 0.3) is 11.1 Å². The number of piperidine rings is 1. The number of aliphatic hydroxyl groups is 1. The summed E-state index contributed by atoms with van der Waals surface area (Å²) in [5, 5.41) is 14.0. The van der Waals surface area contributed by atoms with E-state index in [2.05, 4.69) is 28.4 Å². The molecule has 2 N–H and O–H groups in total. The number of benzene rings is 2. The molecule has 1 fully saturated rings. The molecule has 2 aromatic rings. The minimum Gasteiger partial charge on any atom is -0.497 e. The summed E-state index contributed by atoms with van der Waals surface area (Å²) < 4.78 is 5.40. The molecule has 1 unspecified atom stereocenters. The molecule has 0 aromatic heterocycles. The highest BCUT2D eigenvalue weighted by atomic mass is 16.5. The van der Waals surface area contributed by atoms with E-state index >= 15 is 0 Å². The number of fused-ring (bicyclic) bond motifs is 3. The molecule has 0 amide bonds. The minimum atomic E-state index is -0.530. The van der Waals surface area contributed by atoms with E-state index in [4.69, 9.17) is 4.74 Å². The maximum Gasteiger partial charge on any atom is 0.119 e. The second-order valence-electron chi connectivity index (χ2n) is 8.52. The Morgan fingerprint density at radius 1 is 1.21 bits per heavy atom. The molecule has 1 saturated heterocycles. The number of nitrogens with zero attached hydrogens (tertiary/aromatic N) is 1. The maximum absolute atomic E-state index is 10.4. The van der Waals surface area contributed by atoms with Gasteiger partial charge in [0.2, 0.25) is 0 Å². The van der Waals surface area contributed by atoms with Crippen LogP contribution in [0.15, 0.2) is 30.3 Å². The van der Waals surface area contributed by atoms with Gasteiger partial charge in [0.05, 0.1) is 13.2 Å². The first-order chi connectivity index (χ1) is 13.7. The average molecular weight is 379 g/mol. The molecule has 4 nitrogen and oxygen atoms in total. The lowest BCUT2D eigenvalue weighted by atomic mass is 9.86. The van der Waals surface area contributed by atoms with E-state index in [9.17, 15) is 5.11 Å². The van der Waals surface area contributed by atoms with Gasteiger partial charge in [-0.1, -0.05) is 6.07 Å². The van der Waals surface area contributed by atoms with E-state index in [1.165, 1.54) is 48.2 Å². The lowest BCUT2D eigenvalue weighted by molar-refractivity contribution is 0.199. The quantitative estimate of drug-likeness (QED) is 0.847. The zero-order chi connectivity index (χ0) is 19.3. The van der Waals surface area contributed by atoms with Crippen LogP contribution in [-0.2, 0) is 6.42 Å². The fourth-order valence-corrected chi connectivity index (χ4v) is 5.55. The van der Waals surface area contributed by atoms with Gasteiger partial charge in [-0.05, 0) is 91.2 Å². The highest BCUT2D eigenvalue weighted by Gasteiger charge is 2.41. The lowest BCUT2D eigenvalue weighted by Crippen LogP contribution is -2.44. The van der Waals surface area contributed by atoms with E-state index in [-0.39, 0.29) is 0 Å². The monoisotopic (exact) mass is 378 g/mol. The summed E-state index contributed by atoms with van der Waals surface area (Å²) in [4.78, 5) is 2.72. The van der Waals surface area contributed by atoms with Crippen molar-refractivity contribution in [2.75, 3.05) is 31.6 Å². The zero-order valence-corrected chi connectivity index (χ0v) is 16.9. The first-order valence-corrected chi connectivity index (χ1v) is 10.7. The maximum atomic E-state index is 10.4. The van der Waals surface area contributed by atoms with Gasteiger partial charge in [0.25, 0.3) is 0 Å². The molecule has 2 aromatic carbocycles. The molecule has 0 aliphatic carbocycles. The van der Waals surface area contributed by atoms with Gasteiger partial charge in [-0.3, -0.25) is 0 Å². The number of nitrogens with one attached hydrogen (secondary N) is 1. The van der Waals surface area contributed by atoms with E-state index in [1.807, 2.05) is 19.1 Å². The van der Waals surface area contributed by atoms with Gasteiger partial charge >= 0.3 is 0 Å². The molecule has 3 aliphatic heterocycles. The van der Waals surface area contributed by atoms with Crippen LogP contribution in [0.5, 0.6) is 5.75 Å². The lowest BCUT2D eigenvalue weighted by Gasteiger charge is -2.33. The third-order valence-corrected chi connectivity index (χ3v) is 6.87. The number of aliphatic hydroxyl groups excluding tert-OH is 1. The molecule has 5 rings (SSSR count). The van der Waals surface area contributed by atoms with Gasteiger partial charge in [0, 0.05) is 30.7 Å². The Bertz CT molecular complexity index is 892. The molecule has 0 saturated carbocycles. The van der Waals surface area contributed by atoms with E-state index in [1.54, 1.807) is 7.11 Å². The standard InChI is InChI=1S/C24H30N2O2/c1-15(27)20-13-18(28-2)6-7-19(20)17-11-16-5-3-4-10-26-23-8-9-25-14-22(23)21(12-17)24(16)26/h6-7,11-13,15,22-23,25,27H,3-5,8-10,14H2,1-2H3/t15?,22-,23-/m0/s1. The van der Waals surface area contributed by atoms with E-state index in [0.717, 1.165) is 36.4 Å². The van der Waals surface area contributed by atoms with Crippen LogP contribution in [-0.4, -0.2) is 37.9 Å². The Morgan fingerprint density at radius 3 is 2.93 bits per heavy atom. The van der Waals surface area contributed by atoms with Crippen LogP contribution < -0.4 is 15.0 Å². The number of methoxy groups -OCH3 is 1. The summed E-state index contributed by atoms with van der Waals surface area (Å²) in [6, 6.07) is 11.5. The highest BCUT2D eigenvalue weighted by molar-refractivity contribution is 5.78. The summed E-state index contributed by atoms with van der Waals surface area (Å²) in [6.45, 7) is 5.23. The van der Waals surface area contributed by atoms with Crippen LogP contribution in [0.1, 0.15) is 54.9 Å². The van der Waals surface area contributed by atoms with Gasteiger partial charge in [-0.25, -0.2) is 0 Å². The Labute approximate surface area is 167 Å². The van der Waals surface area contributed by atoms with Crippen molar-refractivity contribution in [1.82, 2.24) is 5.32 Å². The molecule has 3 heterocycles. The Morgan fingerprint density at radius 2 is 2.11 bits per heavy atom. The molecule has 0 radical (unpaired) electrons. The molecule has 3 aliphatic rings. The fourth-order valence-electron chi connectivity index (χ4n) is 5.55. The predicted octanol–water partition coefficient (Wildman–Crippen LogP) is 4.02. The molecular weight excluding hydrogens is 348 g/mol. The van der Waals surface area contributed by atoms with Gasteiger partial charge in [0.1, 0.15) is 5.75 Å². The number of anilines is 1. The summed E-state index contributed by atoms with van der Waals surface area (Å²) in [6.07, 6.45) is 4.39. The largest absolute Gasteiger partial charge is 0.497 e. The van der Waals surface area contributed by atoms with E-state index < -0.39 is 6.10 Å². The summed E-state index contributed by atoms with van der Waals surface area (Å²) in [5.41, 5.74) is 7.82. The molecule has 148 valence electrons. The molecular formula is C24H30N2O2. The van der Waals surface area contributed by atoms with E-state index in [0.29, 0.717) is 12.0 Å². The van der Waals surface area contributed by atoms with Crippen molar-refractivity contribution < 1.29 is 9.84 Å². The van der Waals surface area contributed by atoms with Crippen molar-refractivity contribution in [3.05, 3.63) is 47.0 Å². The third kappa shape index (κ3) is 2.82. The van der Waals surface area contributed by atoms with Crippen molar-refractivity contribution in [2.24, 2.45) is 0 Å². The molecule has 28 heavy (non-hydrogen) atoms. The first kappa shape index (κ1) is 18.0. The number of ether oxygens (including phenoxy) is 1. The summed E-state index contributed by atoms with van der Waals surface area (Å²) in [5.74, 6) is 1.37. The second-order valence-corrected chi connectivity index (χ2v) is 8.52. The zero-order valence-electron chi connectivity index (χ0n) is 16.9. The van der Waals surface area contributed by atoms with Crippen LogP contribution in [0.3, 0.4) is 0 Å². The number of rotatable bonds is 3. The Kier molecular flexibility index (Phi) is 4.56. The van der Waals surface area contributed by atoms with Crippen molar-refractivity contribution >= 4 is 5.69 Å². The second kappa shape index (κ2) is 7.09. The molecule has 4 heteroatoms. The average Bonchev–Trinajstić information content (AvgIpc) is 2.88. The summed E-state index contributed by atoms with van der Waals surface area (Å²) in [7, 11) is 1.68. The topological polar surface area (TPSA) is 44.7 Å². The van der Waals surface area contributed by atoms with Gasteiger partial charge in [-0.2, -0.15) is 0 Å². The molecule has 0 bridgehead atoms. The van der Waals surface area contributed by atoms with Crippen LogP contribution in [0.4, 0.5) is 5.69 Å². The van der Waals surface area contributed by atoms with Gasteiger partial charge in [-0.15, -0.1) is 0 Å². The summed E-state index contributed by atoms with van der Waals surface area (Å²) >= 11 is 0. The normalized spacial score (nSPS) is 24.3. The molecule has 3 atom stereocenters. The van der Waals surface area contributed by atoms with Crippen LogP contribution in [0, 0.1) is 0 Å². The Hall–Kier alpha value is -2.04. The first-order valence-electron chi connectivity index (χ1n) is 10.7. The predicted molar refractivity (Wildman–Crippen MR) is 113 cm³/mol. The fraction of sp³-hybridized carbons (Fsp3) is 0.500. The van der Waals surface area contributed by atoms with Crippen molar-refractivity contribution in [1.29, 1.82) is 0 Å². The Balaban J connectivity index is 1.67. The number of hydrogen-bond acceptors (Lipinski definition) is 4.